The number of carbonyl (C=O) groups is 2. The van der Waals surface area contributed by atoms with Gasteiger partial charge in [0.2, 0.25) is 0 Å². The Morgan fingerprint density at radius 2 is 1.70 bits per heavy atom. The lowest BCUT2D eigenvalue weighted by molar-refractivity contribution is -0.130. The Labute approximate surface area is 163 Å². The van der Waals surface area contributed by atoms with E-state index in [-0.39, 0.29) is 11.6 Å². The molecule has 1 aromatic carbocycles. The Bertz CT molecular complexity index is 638. The first kappa shape index (κ1) is 18.7. The van der Waals surface area contributed by atoms with Crippen LogP contribution < -0.4 is 4.74 Å². The highest BCUT2D eigenvalue weighted by atomic mass is 127. The van der Waals surface area contributed by atoms with E-state index in [1.807, 2.05) is 6.92 Å². The zero-order valence-corrected chi connectivity index (χ0v) is 17.4. The summed E-state index contributed by atoms with van der Waals surface area (Å²) >= 11 is 4.10. The molecule has 0 heterocycles. The molecule has 23 heavy (non-hydrogen) atoms. The van der Waals surface area contributed by atoms with Crippen molar-refractivity contribution in [2.24, 2.45) is 0 Å². The van der Waals surface area contributed by atoms with E-state index in [0.717, 1.165) is 25.7 Å². The third-order valence-electron chi connectivity index (χ3n) is 3.78. The van der Waals surface area contributed by atoms with Crippen LogP contribution in [0.1, 0.15) is 49.9 Å². The van der Waals surface area contributed by atoms with Crippen LogP contribution in [0.5, 0.6) is 5.75 Å². The topological polar surface area (TPSA) is 52.6 Å². The third kappa shape index (κ3) is 4.68. The van der Waals surface area contributed by atoms with Gasteiger partial charge in [0.25, 0.3) is 0 Å². The van der Waals surface area contributed by atoms with Crippen molar-refractivity contribution < 1.29 is 19.1 Å². The molecule has 2 rings (SSSR count). The Hall–Kier alpha value is -0.640. The molecule has 0 atom stereocenters. The predicted octanol–water partition coefficient (Wildman–Crippen LogP) is 4.87. The van der Waals surface area contributed by atoms with Crippen molar-refractivity contribution in [3.63, 3.8) is 0 Å². The van der Waals surface area contributed by atoms with Crippen LogP contribution in [0.2, 0.25) is 0 Å². The first-order valence-electron chi connectivity index (χ1n) is 7.32. The quantitative estimate of drug-likeness (QED) is 0.237. The highest BCUT2D eigenvalue weighted by molar-refractivity contribution is 14.1. The van der Waals surface area contributed by atoms with E-state index in [1.54, 1.807) is 19.1 Å². The lowest BCUT2D eigenvalue weighted by atomic mass is 10.1. The molecular weight excluding hydrogens is 522 g/mol. The molecule has 0 amide bonds. The first-order chi connectivity index (χ1) is 10.7. The van der Waals surface area contributed by atoms with Crippen LogP contribution in [0.25, 0.3) is 0 Å². The molecule has 0 radical (unpaired) electrons. The summed E-state index contributed by atoms with van der Waals surface area (Å²) in [7, 11) is 0. The summed E-state index contributed by atoms with van der Waals surface area (Å²) in [5.41, 5.74) is 0.440. The van der Waals surface area contributed by atoms with Gasteiger partial charge in [0.15, 0.2) is 5.75 Å². The van der Waals surface area contributed by atoms with Crippen LogP contribution in [0.15, 0.2) is 24.3 Å². The van der Waals surface area contributed by atoms with Gasteiger partial charge in [0.05, 0.1) is 12.7 Å². The minimum Gasteiger partial charge on any atom is -0.456 e. The second-order valence-corrected chi connectivity index (χ2v) is 8.31. The Morgan fingerprint density at radius 1 is 1.17 bits per heavy atom. The largest absolute Gasteiger partial charge is 0.456 e. The van der Waals surface area contributed by atoms with E-state index < -0.39 is 5.97 Å². The first-order valence-corrected chi connectivity index (χ1v) is 9.48. The summed E-state index contributed by atoms with van der Waals surface area (Å²) in [6, 6.07) is 3.37. The number of carbonyl (C=O) groups excluding carboxylic acids is 2. The van der Waals surface area contributed by atoms with Gasteiger partial charge in [0, 0.05) is 5.57 Å². The lowest BCUT2D eigenvalue weighted by Crippen LogP contribution is -2.28. The van der Waals surface area contributed by atoms with Gasteiger partial charge < -0.3 is 9.47 Å². The van der Waals surface area contributed by atoms with E-state index in [2.05, 4.69) is 51.8 Å². The van der Waals surface area contributed by atoms with E-state index in [1.165, 1.54) is 0 Å². The van der Waals surface area contributed by atoms with Crippen molar-refractivity contribution >= 4 is 57.1 Å². The summed E-state index contributed by atoms with van der Waals surface area (Å²) in [6.45, 7) is 7.14. The van der Waals surface area contributed by atoms with Gasteiger partial charge >= 0.3 is 11.9 Å². The second-order valence-electron chi connectivity index (χ2n) is 5.99. The van der Waals surface area contributed by atoms with Gasteiger partial charge in [-0.1, -0.05) is 6.58 Å². The maximum Gasteiger partial charge on any atom is 0.338 e. The van der Waals surface area contributed by atoms with Crippen molar-refractivity contribution in [2.75, 3.05) is 0 Å². The number of hydrogen-bond acceptors (Lipinski definition) is 4. The molecule has 0 N–H and O–H groups in total. The molecule has 0 bridgehead atoms. The summed E-state index contributed by atoms with van der Waals surface area (Å²) in [4.78, 5) is 24.1. The summed E-state index contributed by atoms with van der Waals surface area (Å²) < 4.78 is 12.4. The van der Waals surface area contributed by atoms with Crippen LogP contribution in [0.4, 0.5) is 0 Å². The number of hydrogen-bond donors (Lipinski definition) is 0. The zero-order valence-electron chi connectivity index (χ0n) is 13.1. The van der Waals surface area contributed by atoms with Gasteiger partial charge in [-0.05, 0) is 96.8 Å². The molecule has 124 valence electrons. The molecule has 0 saturated heterocycles. The molecule has 4 nitrogen and oxygen atoms in total. The molecule has 0 spiro atoms. The number of halogens is 2. The maximum atomic E-state index is 12.4. The fourth-order valence-corrected chi connectivity index (χ4v) is 4.45. The van der Waals surface area contributed by atoms with Crippen LogP contribution in [0, 0.1) is 7.14 Å². The maximum absolute atomic E-state index is 12.4. The average molecular weight is 540 g/mol. The van der Waals surface area contributed by atoms with Crippen molar-refractivity contribution in [1.29, 1.82) is 0 Å². The van der Waals surface area contributed by atoms with Crippen LogP contribution in [-0.4, -0.2) is 17.5 Å². The van der Waals surface area contributed by atoms with E-state index in [0.29, 0.717) is 24.0 Å². The highest BCUT2D eigenvalue weighted by Crippen LogP contribution is 2.34. The molecule has 1 aliphatic carbocycles. The van der Waals surface area contributed by atoms with Gasteiger partial charge in [-0.15, -0.1) is 0 Å². The molecule has 0 aliphatic heterocycles. The van der Waals surface area contributed by atoms with E-state index in [9.17, 15) is 9.59 Å². The second kappa shape index (κ2) is 7.50. The summed E-state index contributed by atoms with van der Waals surface area (Å²) in [6.07, 6.45) is 3.99. The fourth-order valence-electron chi connectivity index (χ4n) is 2.46. The SMILES string of the molecule is C=C(C)C(=O)Oc1c(I)cc(C(=O)OC2(C)CCCC2)cc1I. The zero-order chi connectivity index (χ0) is 17.2. The van der Waals surface area contributed by atoms with Gasteiger partial charge in [-0.25, -0.2) is 9.59 Å². The lowest BCUT2D eigenvalue weighted by Gasteiger charge is -2.24. The van der Waals surface area contributed by atoms with Crippen molar-refractivity contribution in [3.05, 3.63) is 37.0 Å². The molecule has 0 unspecified atom stereocenters. The average Bonchev–Trinajstić information content (AvgIpc) is 2.88. The molecule has 1 saturated carbocycles. The number of benzene rings is 1. The van der Waals surface area contributed by atoms with Gasteiger partial charge in [-0.3, -0.25) is 0 Å². The minimum absolute atomic E-state index is 0.328. The number of rotatable bonds is 4. The van der Waals surface area contributed by atoms with E-state index in [4.69, 9.17) is 9.47 Å². The normalized spacial score (nSPS) is 16.0. The molecule has 1 aliphatic rings. The summed E-state index contributed by atoms with van der Waals surface area (Å²) in [5, 5.41) is 0. The molecular formula is C17H18I2O4. The van der Waals surface area contributed by atoms with Crippen molar-refractivity contribution in [2.45, 2.75) is 45.1 Å². The monoisotopic (exact) mass is 540 g/mol. The Kier molecular flexibility index (Phi) is 6.10. The Balaban J connectivity index is 2.20. The molecule has 0 aromatic heterocycles. The summed E-state index contributed by atoms with van der Waals surface area (Å²) in [5.74, 6) is -0.361. The van der Waals surface area contributed by atoms with Gasteiger partial charge in [0.1, 0.15) is 5.60 Å². The standard InChI is InChI=1S/C17H18I2O4/c1-10(2)15(20)22-14-12(18)8-11(9-13(14)19)16(21)23-17(3)6-4-5-7-17/h8-9H,1,4-7H2,2-3H3. The predicted molar refractivity (Wildman–Crippen MR) is 105 cm³/mol. The molecule has 6 heteroatoms. The van der Waals surface area contributed by atoms with Crippen LogP contribution >= 0.6 is 45.2 Å². The Morgan fingerprint density at radius 3 is 2.17 bits per heavy atom. The van der Waals surface area contributed by atoms with Crippen LogP contribution in [0.3, 0.4) is 0 Å². The number of ether oxygens (including phenoxy) is 2. The highest BCUT2D eigenvalue weighted by Gasteiger charge is 2.33. The minimum atomic E-state index is -0.477. The molecule has 1 aromatic rings. The fraction of sp³-hybridized carbons (Fsp3) is 0.412. The third-order valence-corrected chi connectivity index (χ3v) is 5.38. The van der Waals surface area contributed by atoms with Crippen molar-refractivity contribution in [3.8, 4) is 5.75 Å². The number of esters is 2. The molecule has 1 fully saturated rings. The van der Waals surface area contributed by atoms with Crippen LogP contribution in [-0.2, 0) is 9.53 Å². The van der Waals surface area contributed by atoms with Crippen molar-refractivity contribution in [1.82, 2.24) is 0 Å². The smallest absolute Gasteiger partial charge is 0.338 e. The van der Waals surface area contributed by atoms with Gasteiger partial charge in [-0.2, -0.15) is 0 Å². The van der Waals surface area contributed by atoms with E-state index >= 15 is 0 Å².